The van der Waals surface area contributed by atoms with Gasteiger partial charge in [0.25, 0.3) is 19.4 Å². The highest BCUT2D eigenvalue weighted by Gasteiger charge is 2.08. The molecule has 2 rings (SSSR count). The SMILES string of the molecule is O=C1C=Cc2cnccc2C1.O=CO.O=CO.O=CO. The van der Waals surface area contributed by atoms with Gasteiger partial charge in [-0.05, 0) is 29.3 Å². The summed E-state index contributed by atoms with van der Waals surface area (Å²) in [7, 11) is 0. The molecule has 3 N–H and O–H groups in total. The third kappa shape index (κ3) is 10.1. The lowest BCUT2D eigenvalue weighted by molar-refractivity contribution is -0.123. The van der Waals surface area contributed by atoms with E-state index in [0.29, 0.717) is 6.42 Å². The molecule has 0 radical (unpaired) electrons. The van der Waals surface area contributed by atoms with Crippen molar-refractivity contribution in [3.63, 3.8) is 0 Å². The van der Waals surface area contributed by atoms with Gasteiger partial charge in [0, 0.05) is 18.8 Å². The molecule has 1 aromatic heterocycles. The van der Waals surface area contributed by atoms with E-state index in [2.05, 4.69) is 4.98 Å². The number of hydrogen-bond acceptors (Lipinski definition) is 5. The first-order valence-corrected chi connectivity index (χ1v) is 4.98. The van der Waals surface area contributed by atoms with E-state index in [1.165, 1.54) is 0 Å². The molecule has 0 amide bonds. The largest absolute Gasteiger partial charge is 0.483 e. The molecule has 0 saturated heterocycles. The standard InChI is InChI=1S/C9H7NO.3CH2O2/c11-9-2-1-8-6-10-4-3-7(8)5-9;3*2-1-3/h1-4,6H,5H2;3*1H,(H,2,3). The van der Waals surface area contributed by atoms with Crippen molar-refractivity contribution < 1.29 is 34.5 Å². The lowest BCUT2D eigenvalue weighted by Gasteiger charge is -2.06. The van der Waals surface area contributed by atoms with E-state index in [0.717, 1.165) is 11.1 Å². The molecular formula is C12H13NO7. The first-order chi connectivity index (χ1) is 9.60. The number of carboxylic acid groups (broad SMARTS) is 3. The molecule has 1 heterocycles. The summed E-state index contributed by atoms with van der Waals surface area (Å²) in [5, 5.41) is 20.7. The van der Waals surface area contributed by atoms with Crippen molar-refractivity contribution in [3.05, 3.63) is 35.7 Å². The maximum atomic E-state index is 10.9. The van der Waals surface area contributed by atoms with Gasteiger partial charge in [0.15, 0.2) is 5.78 Å². The molecule has 0 atom stereocenters. The second kappa shape index (κ2) is 14.0. The summed E-state index contributed by atoms with van der Waals surface area (Å²) >= 11 is 0. The first kappa shape index (κ1) is 19.3. The summed E-state index contributed by atoms with van der Waals surface area (Å²) in [4.78, 5) is 40.0. The van der Waals surface area contributed by atoms with E-state index in [4.69, 9.17) is 29.7 Å². The highest BCUT2D eigenvalue weighted by Crippen LogP contribution is 2.14. The quantitative estimate of drug-likeness (QED) is 0.578. The lowest BCUT2D eigenvalue weighted by atomic mass is 9.99. The molecule has 1 aromatic rings. The molecule has 0 spiro atoms. The van der Waals surface area contributed by atoms with Crippen LogP contribution in [0, 0.1) is 0 Å². The molecular weight excluding hydrogens is 270 g/mol. The Morgan fingerprint density at radius 3 is 2.00 bits per heavy atom. The van der Waals surface area contributed by atoms with Crippen LogP contribution in [0.4, 0.5) is 0 Å². The number of aromatic nitrogens is 1. The fourth-order valence-electron chi connectivity index (χ4n) is 1.18. The monoisotopic (exact) mass is 283 g/mol. The molecule has 0 saturated carbocycles. The summed E-state index contributed by atoms with van der Waals surface area (Å²) in [6.07, 6.45) is 7.43. The van der Waals surface area contributed by atoms with Gasteiger partial charge in [-0.3, -0.25) is 24.2 Å². The van der Waals surface area contributed by atoms with Crippen LogP contribution in [0.5, 0.6) is 0 Å². The van der Waals surface area contributed by atoms with E-state index in [1.807, 2.05) is 12.1 Å². The normalized spacial score (nSPS) is 9.90. The number of ketones is 1. The van der Waals surface area contributed by atoms with Crippen molar-refractivity contribution >= 4 is 31.3 Å². The van der Waals surface area contributed by atoms with E-state index >= 15 is 0 Å². The summed E-state index contributed by atoms with van der Waals surface area (Å²) in [5.41, 5.74) is 2.14. The van der Waals surface area contributed by atoms with Crippen LogP contribution in [0.15, 0.2) is 24.5 Å². The van der Waals surface area contributed by atoms with E-state index < -0.39 is 0 Å². The zero-order chi connectivity index (χ0) is 15.8. The zero-order valence-corrected chi connectivity index (χ0v) is 10.2. The third-order valence-corrected chi connectivity index (χ3v) is 1.76. The average molecular weight is 283 g/mol. The minimum atomic E-state index is -0.250. The van der Waals surface area contributed by atoms with Crippen molar-refractivity contribution in [2.75, 3.05) is 0 Å². The van der Waals surface area contributed by atoms with Gasteiger partial charge in [-0.1, -0.05) is 0 Å². The van der Waals surface area contributed by atoms with E-state index in [1.54, 1.807) is 18.5 Å². The number of allylic oxidation sites excluding steroid dienone is 1. The number of pyridine rings is 1. The van der Waals surface area contributed by atoms with Crippen LogP contribution in [0.1, 0.15) is 11.1 Å². The average Bonchev–Trinajstić information content (AvgIpc) is 2.41. The molecule has 108 valence electrons. The van der Waals surface area contributed by atoms with Crippen LogP contribution < -0.4 is 0 Å². The fourth-order valence-corrected chi connectivity index (χ4v) is 1.18. The minimum absolute atomic E-state index is 0.170. The van der Waals surface area contributed by atoms with Crippen molar-refractivity contribution in [1.82, 2.24) is 4.98 Å². The van der Waals surface area contributed by atoms with Gasteiger partial charge in [-0.25, -0.2) is 0 Å². The van der Waals surface area contributed by atoms with Crippen LogP contribution in [0.2, 0.25) is 0 Å². The predicted molar refractivity (Wildman–Crippen MR) is 68.1 cm³/mol. The maximum absolute atomic E-state index is 10.9. The Balaban J connectivity index is 0. The number of carbonyl (C=O) groups is 4. The highest BCUT2D eigenvalue weighted by molar-refractivity contribution is 5.98. The number of nitrogens with zero attached hydrogens (tertiary/aromatic N) is 1. The van der Waals surface area contributed by atoms with Gasteiger partial charge in [0.1, 0.15) is 0 Å². The number of fused-ring (bicyclic) bond motifs is 1. The predicted octanol–water partition coefficient (Wildman–Crippen LogP) is 0.322. The molecule has 1 aliphatic carbocycles. The van der Waals surface area contributed by atoms with Crippen molar-refractivity contribution in [2.45, 2.75) is 6.42 Å². The molecule has 0 unspecified atom stereocenters. The van der Waals surface area contributed by atoms with Gasteiger partial charge in [0.2, 0.25) is 0 Å². The number of carbonyl (C=O) groups excluding carboxylic acids is 1. The molecule has 1 aliphatic rings. The second-order valence-electron chi connectivity index (χ2n) is 2.87. The molecule has 20 heavy (non-hydrogen) atoms. The van der Waals surface area contributed by atoms with E-state index in [9.17, 15) is 4.79 Å². The Morgan fingerprint density at radius 1 is 1.00 bits per heavy atom. The van der Waals surface area contributed by atoms with Crippen LogP contribution in [-0.4, -0.2) is 45.5 Å². The minimum Gasteiger partial charge on any atom is -0.483 e. The Morgan fingerprint density at radius 2 is 1.50 bits per heavy atom. The summed E-state index contributed by atoms with van der Waals surface area (Å²) in [6, 6.07) is 1.89. The van der Waals surface area contributed by atoms with Gasteiger partial charge in [-0.2, -0.15) is 0 Å². The van der Waals surface area contributed by atoms with Crippen molar-refractivity contribution in [2.24, 2.45) is 0 Å². The summed E-state index contributed by atoms with van der Waals surface area (Å²) in [5.74, 6) is 0.170. The Bertz CT molecular complexity index is 443. The number of hydrogen-bond donors (Lipinski definition) is 3. The van der Waals surface area contributed by atoms with Crippen LogP contribution in [0.25, 0.3) is 6.08 Å². The second-order valence-corrected chi connectivity index (χ2v) is 2.87. The topological polar surface area (TPSA) is 142 Å². The Labute approximate surface area is 114 Å². The molecule has 0 bridgehead atoms. The smallest absolute Gasteiger partial charge is 0.290 e. The molecule has 0 aromatic carbocycles. The van der Waals surface area contributed by atoms with Crippen molar-refractivity contribution in [1.29, 1.82) is 0 Å². The van der Waals surface area contributed by atoms with Gasteiger partial charge in [-0.15, -0.1) is 0 Å². The van der Waals surface area contributed by atoms with E-state index in [-0.39, 0.29) is 25.2 Å². The highest BCUT2D eigenvalue weighted by atomic mass is 16.4. The van der Waals surface area contributed by atoms with Crippen LogP contribution in [-0.2, 0) is 25.6 Å². The third-order valence-electron chi connectivity index (χ3n) is 1.76. The molecule has 8 heteroatoms. The first-order valence-electron chi connectivity index (χ1n) is 4.98. The summed E-state index contributed by atoms with van der Waals surface area (Å²) in [6.45, 7) is -0.750. The van der Waals surface area contributed by atoms with Gasteiger partial charge < -0.3 is 15.3 Å². The van der Waals surface area contributed by atoms with Gasteiger partial charge in [0.05, 0.1) is 0 Å². The summed E-state index contributed by atoms with van der Waals surface area (Å²) < 4.78 is 0. The Kier molecular flexibility index (Phi) is 13.6. The van der Waals surface area contributed by atoms with Crippen LogP contribution in [0.3, 0.4) is 0 Å². The zero-order valence-electron chi connectivity index (χ0n) is 10.2. The fraction of sp³-hybridized carbons (Fsp3) is 0.0833. The Hall–Kier alpha value is -3.03. The molecule has 0 aliphatic heterocycles. The maximum Gasteiger partial charge on any atom is 0.290 e. The van der Waals surface area contributed by atoms with Crippen LogP contribution >= 0.6 is 0 Å². The van der Waals surface area contributed by atoms with Gasteiger partial charge >= 0.3 is 0 Å². The molecule has 0 fully saturated rings. The number of rotatable bonds is 0. The molecule has 8 nitrogen and oxygen atoms in total. The van der Waals surface area contributed by atoms with Crippen molar-refractivity contribution in [3.8, 4) is 0 Å². The lowest BCUT2D eigenvalue weighted by Crippen LogP contribution is -2.04.